The van der Waals surface area contributed by atoms with Crippen molar-refractivity contribution in [3.63, 3.8) is 0 Å². The van der Waals surface area contributed by atoms with Crippen LogP contribution in [-0.2, 0) is 6.54 Å². The Hall–Kier alpha value is -0.540. The SMILES string of the molecule is CCn1ncc(Cl)c1C1CCCC1CNC1CC1. The maximum absolute atomic E-state index is 6.34. The van der Waals surface area contributed by atoms with E-state index in [4.69, 9.17) is 11.6 Å². The van der Waals surface area contributed by atoms with E-state index >= 15 is 0 Å². The van der Waals surface area contributed by atoms with E-state index < -0.39 is 0 Å². The van der Waals surface area contributed by atoms with Crippen LogP contribution < -0.4 is 5.32 Å². The van der Waals surface area contributed by atoms with Crippen LogP contribution in [0.15, 0.2) is 6.20 Å². The van der Waals surface area contributed by atoms with Gasteiger partial charge in [-0.25, -0.2) is 0 Å². The third kappa shape index (κ3) is 2.43. The molecule has 100 valence electrons. The highest BCUT2D eigenvalue weighted by Crippen LogP contribution is 2.42. The van der Waals surface area contributed by atoms with Crippen LogP contribution in [0.1, 0.15) is 50.6 Å². The van der Waals surface area contributed by atoms with E-state index in [1.54, 1.807) is 0 Å². The second kappa shape index (κ2) is 5.22. The number of aryl methyl sites for hydroxylation is 1. The van der Waals surface area contributed by atoms with Crippen LogP contribution in [0.3, 0.4) is 0 Å². The average molecular weight is 268 g/mol. The zero-order chi connectivity index (χ0) is 12.5. The Morgan fingerprint density at radius 3 is 2.94 bits per heavy atom. The minimum atomic E-state index is 0.603. The molecule has 3 rings (SSSR count). The van der Waals surface area contributed by atoms with Gasteiger partial charge in [-0.05, 0) is 45.1 Å². The number of hydrogen-bond acceptors (Lipinski definition) is 2. The summed E-state index contributed by atoms with van der Waals surface area (Å²) in [6.45, 7) is 4.21. The molecule has 3 nitrogen and oxygen atoms in total. The van der Waals surface area contributed by atoms with E-state index in [2.05, 4.69) is 22.0 Å². The molecule has 0 aliphatic heterocycles. The molecule has 2 atom stereocenters. The smallest absolute Gasteiger partial charge is 0.0820 e. The standard InChI is InChI=1S/C14H22ClN3/c1-2-18-14(13(15)9-17-18)12-5-3-4-10(12)8-16-11-6-7-11/h9-12,16H,2-8H2,1H3. The summed E-state index contributed by atoms with van der Waals surface area (Å²) in [5, 5.41) is 8.92. The van der Waals surface area contributed by atoms with Crippen LogP contribution in [0.25, 0.3) is 0 Å². The average Bonchev–Trinajstić information content (AvgIpc) is 2.97. The quantitative estimate of drug-likeness (QED) is 0.888. The summed E-state index contributed by atoms with van der Waals surface area (Å²) in [5.41, 5.74) is 1.28. The predicted molar refractivity (Wildman–Crippen MR) is 74.0 cm³/mol. The predicted octanol–water partition coefficient (Wildman–Crippen LogP) is 3.19. The lowest BCUT2D eigenvalue weighted by Gasteiger charge is -2.21. The molecule has 2 aliphatic rings. The van der Waals surface area contributed by atoms with E-state index in [-0.39, 0.29) is 0 Å². The normalized spacial score (nSPS) is 27.9. The molecule has 1 heterocycles. The van der Waals surface area contributed by atoms with Crippen LogP contribution in [0.4, 0.5) is 0 Å². The van der Waals surface area contributed by atoms with Crippen LogP contribution in [0, 0.1) is 5.92 Å². The Labute approximate surface area is 114 Å². The first-order valence-electron chi connectivity index (χ1n) is 7.24. The van der Waals surface area contributed by atoms with Gasteiger partial charge in [-0.3, -0.25) is 4.68 Å². The molecule has 4 heteroatoms. The van der Waals surface area contributed by atoms with Crippen molar-refractivity contribution >= 4 is 11.6 Å². The summed E-state index contributed by atoms with van der Waals surface area (Å²) >= 11 is 6.34. The zero-order valence-electron chi connectivity index (χ0n) is 11.0. The van der Waals surface area contributed by atoms with Crippen molar-refractivity contribution in [2.75, 3.05) is 6.54 Å². The van der Waals surface area contributed by atoms with Crippen molar-refractivity contribution in [1.82, 2.24) is 15.1 Å². The summed E-state index contributed by atoms with van der Waals surface area (Å²) in [6, 6.07) is 0.804. The number of halogens is 1. The minimum Gasteiger partial charge on any atom is -0.314 e. The molecule has 2 fully saturated rings. The second-order valence-corrected chi connectivity index (χ2v) is 6.08. The van der Waals surface area contributed by atoms with Gasteiger partial charge in [-0.15, -0.1) is 0 Å². The summed E-state index contributed by atoms with van der Waals surface area (Å²) < 4.78 is 2.09. The molecule has 0 aromatic carbocycles. The largest absolute Gasteiger partial charge is 0.314 e. The van der Waals surface area contributed by atoms with Gasteiger partial charge in [0.05, 0.1) is 16.9 Å². The van der Waals surface area contributed by atoms with Crippen LogP contribution in [0.2, 0.25) is 5.02 Å². The Bertz CT molecular complexity index is 411. The molecule has 0 bridgehead atoms. The van der Waals surface area contributed by atoms with Gasteiger partial charge in [-0.1, -0.05) is 18.0 Å². The van der Waals surface area contributed by atoms with Crippen LogP contribution in [-0.4, -0.2) is 22.4 Å². The fraction of sp³-hybridized carbons (Fsp3) is 0.786. The summed E-state index contributed by atoms with van der Waals surface area (Å²) in [6.07, 6.45) is 8.46. The fourth-order valence-electron chi connectivity index (χ4n) is 3.24. The van der Waals surface area contributed by atoms with Gasteiger partial charge in [0.15, 0.2) is 0 Å². The number of hydrogen-bond donors (Lipinski definition) is 1. The van der Waals surface area contributed by atoms with E-state index in [0.29, 0.717) is 5.92 Å². The second-order valence-electron chi connectivity index (χ2n) is 5.67. The van der Waals surface area contributed by atoms with E-state index in [1.165, 1.54) is 37.8 Å². The highest BCUT2D eigenvalue weighted by atomic mass is 35.5. The van der Waals surface area contributed by atoms with Crippen LogP contribution in [0.5, 0.6) is 0 Å². The maximum atomic E-state index is 6.34. The molecular weight excluding hydrogens is 246 g/mol. The molecule has 1 N–H and O–H groups in total. The van der Waals surface area contributed by atoms with Crippen molar-refractivity contribution in [3.8, 4) is 0 Å². The van der Waals surface area contributed by atoms with Gasteiger partial charge in [-0.2, -0.15) is 5.10 Å². The lowest BCUT2D eigenvalue weighted by atomic mass is 9.92. The van der Waals surface area contributed by atoms with Crippen molar-refractivity contribution < 1.29 is 0 Å². The molecule has 0 saturated heterocycles. The molecule has 2 saturated carbocycles. The highest BCUT2D eigenvalue weighted by Gasteiger charge is 2.33. The third-order valence-electron chi connectivity index (χ3n) is 4.39. The highest BCUT2D eigenvalue weighted by molar-refractivity contribution is 6.31. The third-order valence-corrected chi connectivity index (χ3v) is 4.68. The first kappa shape index (κ1) is 12.5. The van der Waals surface area contributed by atoms with Gasteiger partial charge in [0, 0.05) is 18.5 Å². The monoisotopic (exact) mass is 267 g/mol. The molecule has 0 amide bonds. The van der Waals surface area contributed by atoms with Gasteiger partial charge in [0.1, 0.15) is 0 Å². The number of aromatic nitrogens is 2. The minimum absolute atomic E-state index is 0.603. The summed E-state index contributed by atoms with van der Waals surface area (Å²) in [7, 11) is 0. The molecular formula is C14H22ClN3. The number of nitrogens with zero attached hydrogens (tertiary/aromatic N) is 2. The molecule has 1 aromatic heterocycles. The zero-order valence-corrected chi connectivity index (χ0v) is 11.8. The lowest BCUT2D eigenvalue weighted by Crippen LogP contribution is -2.27. The first-order chi connectivity index (χ1) is 8.79. The van der Waals surface area contributed by atoms with Gasteiger partial charge < -0.3 is 5.32 Å². The molecule has 1 aromatic rings. The summed E-state index contributed by atoms with van der Waals surface area (Å²) in [4.78, 5) is 0. The molecule has 2 aliphatic carbocycles. The number of nitrogens with one attached hydrogen (secondary N) is 1. The fourth-order valence-corrected chi connectivity index (χ4v) is 3.52. The topological polar surface area (TPSA) is 29.9 Å². The summed E-state index contributed by atoms with van der Waals surface area (Å²) in [5.74, 6) is 1.34. The molecule has 0 spiro atoms. The van der Waals surface area contributed by atoms with Gasteiger partial charge in [0.25, 0.3) is 0 Å². The van der Waals surface area contributed by atoms with Crippen molar-refractivity contribution in [1.29, 1.82) is 0 Å². The Morgan fingerprint density at radius 1 is 1.39 bits per heavy atom. The van der Waals surface area contributed by atoms with Crippen molar-refractivity contribution in [2.45, 2.75) is 57.5 Å². The van der Waals surface area contributed by atoms with Gasteiger partial charge >= 0.3 is 0 Å². The maximum Gasteiger partial charge on any atom is 0.0820 e. The Kier molecular flexibility index (Phi) is 3.62. The van der Waals surface area contributed by atoms with E-state index in [1.807, 2.05) is 6.20 Å². The molecule has 18 heavy (non-hydrogen) atoms. The van der Waals surface area contributed by atoms with Crippen molar-refractivity contribution in [2.24, 2.45) is 5.92 Å². The lowest BCUT2D eigenvalue weighted by molar-refractivity contribution is 0.420. The van der Waals surface area contributed by atoms with Crippen LogP contribution >= 0.6 is 11.6 Å². The van der Waals surface area contributed by atoms with E-state index in [9.17, 15) is 0 Å². The Balaban J connectivity index is 1.73. The first-order valence-corrected chi connectivity index (χ1v) is 7.62. The molecule has 0 radical (unpaired) electrons. The molecule has 2 unspecified atom stereocenters. The van der Waals surface area contributed by atoms with Gasteiger partial charge in [0.2, 0.25) is 0 Å². The van der Waals surface area contributed by atoms with Crippen molar-refractivity contribution in [3.05, 3.63) is 16.9 Å². The van der Waals surface area contributed by atoms with E-state index in [0.717, 1.165) is 30.1 Å². The Morgan fingerprint density at radius 2 is 2.22 bits per heavy atom. The number of rotatable bonds is 5.